The summed E-state index contributed by atoms with van der Waals surface area (Å²) >= 11 is 0. The molecule has 15 nitrogen and oxygen atoms in total. The van der Waals surface area contributed by atoms with Crippen LogP contribution in [0.25, 0.3) is 10.9 Å². The third kappa shape index (κ3) is 10.6. The molecule has 0 radical (unpaired) electrons. The fourth-order valence-corrected chi connectivity index (χ4v) is 12.0. The van der Waals surface area contributed by atoms with Gasteiger partial charge in [0, 0.05) is 96.2 Å². The molecule has 15 heteroatoms. The van der Waals surface area contributed by atoms with Crippen LogP contribution in [0.1, 0.15) is 112 Å². The van der Waals surface area contributed by atoms with Crippen molar-refractivity contribution in [2.24, 2.45) is 0 Å². The molecule has 0 saturated carbocycles. The molecular formula is C64H73N6O9+. The van der Waals surface area contributed by atoms with Gasteiger partial charge in [-0.2, -0.15) is 4.58 Å². The Bertz CT molecular complexity index is 3360. The number of Topliss-reactive ketones (excluding diaryl/α,β-unsaturated/α-hetero) is 1. The molecule has 0 bridgehead atoms. The molecule has 4 aliphatic rings. The van der Waals surface area contributed by atoms with E-state index in [0.29, 0.717) is 55.7 Å². The van der Waals surface area contributed by atoms with Crippen LogP contribution in [-0.2, 0) is 51.4 Å². The number of phenols is 1. The molecule has 5 heterocycles. The first-order valence-corrected chi connectivity index (χ1v) is 27.6. The highest BCUT2D eigenvalue weighted by Gasteiger charge is 2.58. The second kappa shape index (κ2) is 23.4. The number of anilines is 1. The quantitative estimate of drug-likeness (QED) is 0.0224. The first-order chi connectivity index (χ1) is 38.1. The molecule has 4 aromatic carbocycles. The van der Waals surface area contributed by atoms with Gasteiger partial charge in [-0.15, -0.1) is 0 Å². The summed E-state index contributed by atoms with van der Waals surface area (Å²) in [6.45, 7) is 14.3. The minimum atomic E-state index is -1.83. The van der Waals surface area contributed by atoms with Gasteiger partial charge in [-0.1, -0.05) is 75.4 Å². The number of aromatic amines is 1. The topological polar surface area (TPSA) is 183 Å². The van der Waals surface area contributed by atoms with Crippen molar-refractivity contribution in [1.82, 2.24) is 20.5 Å². The molecule has 0 fully saturated rings. The SMILES string of the molecule is CCCN1/C(=C\C=C\C2=[N+](CCCCCC(=O)NCCCCNC(=O)COc3ccc4[nH]c5c(c4c3)CCN3C=C(C(=O)c4ccccc4O)C=C(C(=O)OC)[C@@]53C(=O)OC)c3ccccc3C2(C)C)C(C)(C)c2ccccc21. The Morgan fingerprint density at radius 1 is 0.810 bits per heavy atom. The van der Waals surface area contributed by atoms with Gasteiger partial charge in [-0.25, -0.2) is 9.59 Å². The first-order valence-electron chi connectivity index (χ1n) is 27.6. The second-order valence-corrected chi connectivity index (χ2v) is 21.7. The van der Waals surface area contributed by atoms with Crippen molar-refractivity contribution < 1.29 is 47.9 Å². The van der Waals surface area contributed by atoms with E-state index in [2.05, 4.69) is 126 Å². The number of aromatic hydroxyl groups is 1. The van der Waals surface area contributed by atoms with E-state index in [-0.39, 0.29) is 58.3 Å². The summed E-state index contributed by atoms with van der Waals surface area (Å²) in [6, 6.07) is 28.8. The number of esters is 2. The van der Waals surface area contributed by atoms with E-state index in [9.17, 15) is 29.1 Å². The molecule has 4 aliphatic heterocycles. The van der Waals surface area contributed by atoms with Crippen molar-refractivity contribution in [3.63, 3.8) is 0 Å². The van der Waals surface area contributed by atoms with Gasteiger partial charge in [-0.3, -0.25) is 14.4 Å². The van der Waals surface area contributed by atoms with Gasteiger partial charge in [0.25, 0.3) is 5.91 Å². The van der Waals surface area contributed by atoms with Crippen molar-refractivity contribution in [2.75, 3.05) is 58.5 Å². The predicted molar refractivity (Wildman–Crippen MR) is 306 cm³/mol. The van der Waals surface area contributed by atoms with Crippen LogP contribution in [0.2, 0.25) is 0 Å². The van der Waals surface area contributed by atoms with Gasteiger partial charge < -0.3 is 44.7 Å². The molecular weight excluding hydrogens is 997 g/mol. The van der Waals surface area contributed by atoms with Crippen molar-refractivity contribution in [3.8, 4) is 11.5 Å². The summed E-state index contributed by atoms with van der Waals surface area (Å²) in [6.07, 6.45) is 15.7. The maximum Gasteiger partial charge on any atom is 0.343 e. The zero-order valence-electron chi connectivity index (χ0n) is 46.5. The van der Waals surface area contributed by atoms with E-state index in [1.165, 1.54) is 72.5 Å². The predicted octanol–water partition coefficient (Wildman–Crippen LogP) is 9.66. The van der Waals surface area contributed by atoms with Crippen LogP contribution in [0.15, 0.2) is 138 Å². The van der Waals surface area contributed by atoms with Gasteiger partial charge in [0.1, 0.15) is 18.0 Å². The number of nitrogens with one attached hydrogen (secondary N) is 3. The standard InChI is InChI=1S/C64H72N6O9/c1-8-35-69-51-24-14-12-22-47(51)62(2,3)54(69)27-20-28-55-63(4,5)48-23-13-15-25-52(48)70(55)36-19-9-10-29-56(72)65-33-17-18-34-66-57(73)41-79-43-30-31-50-46(39-43)44-32-37-68-40-42(58(74)45-21-11-16-26-53(45)71)38-49(60(75)77-6)64(68,59(44)67-50)61(76)78-7/h11-16,20-28,30-31,38-40,67H,8-10,17-19,29,32-37,41H2,1-7H3,(H2-,65,66,71,72,73,74)/p+1/t64-/m0/s1. The lowest BCUT2D eigenvalue weighted by atomic mass is 9.75. The Balaban J connectivity index is 0.734. The average Bonchev–Trinajstić information content (AvgIpc) is 3.55. The van der Waals surface area contributed by atoms with E-state index >= 15 is 0 Å². The van der Waals surface area contributed by atoms with Crippen LogP contribution in [0, 0.1) is 0 Å². The van der Waals surface area contributed by atoms with Crippen molar-refractivity contribution in [1.29, 1.82) is 0 Å². The number of allylic oxidation sites excluding steroid dienone is 6. The molecule has 2 amide bonds. The summed E-state index contributed by atoms with van der Waals surface area (Å²) in [5.41, 5.74) is 7.47. The number of para-hydroxylation sites is 3. The summed E-state index contributed by atoms with van der Waals surface area (Å²) in [5.74, 6) is -2.22. The van der Waals surface area contributed by atoms with Crippen molar-refractivity contribution in [2.45, 2.75) is 102 Å². The molecule has 0 aliphatic carbocycles. The minimum Gasteiger partial charge on any atom is -0.507 e. The highest BCUT2D eigenvalue weighted by Crippen LogP contribution is 2.50. The number of amides is 2. The van der Waals surface area contributed by atoms with Crippen LogP contribution in [0.5, 0.6) is 11.5 Å². The normalized spacial score (nSPS) is 18.1. The maximum absolute atomic E-state index is 14.1. The number of fused-ring (bicyclic) bond motifs is 7. The third-order valence-corrected chi connectivity index (χ3v) is 16.0. The molecule has 412 valence electrons. The number of hydrogen-bond donors (Lipinski definition) is 4. The van der Waals surface area contributed by atoms with E-state index in [1.807, 2.05) is 0 Å². The number of carbonyl (C=O) groups is 5. The molecule has 1 aromatic heterocycles. The number of rotatable bonds is 22. The van der Waals surface area contributed by atoms with E-state index < -0.39 is 23.3 Å². The second-order valence-electron chi connectivity index (χ2n) is 21.7. The number of methoxy groups -OCH3 is 2. The number of aromatic nitrogens is 1. The Kier molecular flexibility index (Phi) is 16.5. The molecule has 4 N–H and O–H groups in total. The Morgan fingerprint density at radius 2 is 1.53 bits per heavy atom. The number of H-pyrrole nitrogens is 1. The Labute approximate surface area is 462 Å². The number of hydrogen-bond acceptors (Lipinski definition) is 11. The average molecular weight is 1070 g/mol. The maximum atomic E-state index is 14.1. The fourth-order valence-electron chi connectivity index (χ4n) is 12.0. The highest BCUT2D eigenvalue weighted by atomic mass is 16.5. The molecule has 0 unspecified atom stereocenters. The van der Waals surface area contributed by atoms with E-state index in [1.54, 1.807) is 35.2 Å². The van der Waals surface area contributed by atoms with Crippen molar-refractivity contribution >= 4 is 57.5 Å². The third-order valence-electron chi connectivity index (χ3n) is 16.0. The number of carbonyl (C=O) groups excluding carboxylic acids is 5. The zero-order chi connectivity index (χ0) is 56.1. The monoisotopic (exact) mass is 1070 g/mol. The van der Waals surface area contributed by atoms with Crippen LogP contribution in [0.3, 0.4) is 0 Å². The molecule has 1 atom stereocenters. The smallest absolute Gasteiger partial charge is 0.343 e. The molecule has 0 saturated heterocycles. The van der Waals surface area contributed by atoms with Crippen LogP contribution >= 0.6 is 0 Å². The fraction of sp³-hybridized carbons (Fsp3) is 0.375. The number of ketones is 1. The Morgan fingerprint density at radius 3 is 2.28 bits per heavy atom. The molecule has 5 aromatic rings. The molecule has 79 heavy (non-hydrogen) atoms. The van der Waals surface area contributed by atoms with E-state index in [4.69, 9.17) is 14.2 Å². The zero-order valence-corrected chi connectivity index (χ0v) is 46.5. The van der Waals surface area contributed by atoms with E-state index in [0.717, 1.165) is 49.7 Å². The number of nitrogens with zero attached hydrogens (tertiary/aromatic N) is 3. The number of phenolic OH excluding ortho intramolecular Hbond substituents is 1. The van der Waals surface area contributed by atoms with Crippen LogP contribution in [-0.4, -0.2) is 108 Å². The summed E-state index contributed by atoms with van der Waals surface area (Å²) in [7, 11) is 2.42. The summed E-state index contributed by atoms with van der Waals surface area (Å²) in [4.78, 5) is 74.6. The lowest BCUT2D eigenvalue weighted by molar-refractivity contribution is -0.438. The van der Waals surface area contributed by atoms with Gasteiger partial charge in [0.2, 0.25) is 17.1 Å². The Hall–Kier alpha value is -8.20. The van der Waals surface area contributed by atoms with Crippen LogP contribution < -0.4 is 20.3 Å². The minimum absolute atomic E-state index is 0.0307. The number of benzene rings is 4. The first kappa shape index (κ1) is 55.6. The van der Waals surface area contributed by atoms with Gasteiger partial charge in [-0.05, 0) is 112 Å². The van der Waals surface area contributed by atoms with Gasteiger partial charge >= 0.3 is 11.9 Å². The number of unbranched alkanes of at least 4 members (excludes halogenated alkanes) is 3. The molecule has 9 rings (SSSR count). The summed E-state index contributed by atoms with van der Waals surface area (Å²) < 4.78 is 19.0. The molecule has 0 spiro atoms. The van der Waals surface area contributed by atoms with Gasteiger partial charge in [0.05, 0.1) is 36.5 Å². The lowest BCUT2D eigenvalue weighted by Crippen LogP contribution is -2.58. The number of ether oxygens (including phenoxy) is 3. The van der Waals surface area contributed by atoms with Gasteiger partial charge in [0.15, 0.2) is 18.1 Å². The largest absolute Gasteiger partial charge is 0.507 e. The highest BCUT2D eigenvalue weighted by molar-refractivity contribution is 6.15. The van der Waals surface area contributed by atoms with Crippen molar-refractivity contribution in [3.05, 3.63) is 166 Å². The lowest BCUT2D eigenvalue weighted by Gasteiger charge is -2.46. The summed E-state index contributed by atoms with van der Waals surface area (Å²) in [5, 5.41) is 17.1. The van der Waals surface area contributed by atoms with Crippen LogP contribution in [0.4, 0.5) is 11.4 Å².